The Labute approximate surface area is 153 Å². The molecular formula is C21H31NO2Si. The van der Waals surface area contributed by atoms with Gasteiger partial charge in [-0.05, 0) is 29.3 Å². The molecule has 0 bridgehead atoms. The van der Waals surface area contributed by atoms with E-state index in [1.54, 1.807) is 13.8 Å². The Hall–Kier alpha value is -1.46. The van der Waals surface area contributed by atoms with Gasteiger partial charge in [-0.2, -0.15) is 0 Å². The van der Waals surface area contributed by atoms with Crippen LogP contribution in [0, 0.1) is 0 Å². The van der Waals surface area contributed by atoms with Gasteiger partial charge < -0.3 is 15.3 Å². The molecule has 0 amide bonds. The van der Waals surface area contributed by atoms with E-state index >= 15 is 0 Å². The van der Waals surface area contributed by atoms with E-state index in [-0.39, 0.29) is 11.6 Å². The van der Waals surface area contributed by atoms with Crippen molar-refractivity contribution in [1.82, 2.24) is 0 Å². The number of hydrogen-bond acceptors (Lipinski definition) is 3. The molecule has 0 aliphatic heterocycles. The van der Waals surface area contributed by atoms with E-state index in [2.05, 4.69) is 69.3 Å². The fourth-order valence-corrected chi connectivity index (χ4v) is 8.21. The second kappa shape index (κ2) is 7.42. The number of nitrogens with two attached hydrogens (primary N) is 1. The van der Waals surface area contributed by atoms with Gasteiger partial charge in [0.25, 0.3) is 8.32 Å². The van der Waals surface area contributed by atoms with Gasteiger partial charge in [-0.3, -0.25) is 0 Å². The Morgan fingerprint density at radius 3 is 1.56 bits per heavy atom. The molecule has 4 heteroatoms. The molecule has 2 rings (SSSR count). The summed E-state index contributed by atoms with van der Waals surface area (Å²) in [5.41, 5.74) is 4.99. The van der Waals surface area contributed by atoms with Gasteiger partial charge in [0, 0.05) is 6.54 Å². The molecule has 3 nitrogen and oxygen atoms in total. The molecule has 0 radical (unpaired) electrons. The van der Waals surface area contributed by atoms with Crippen LogP contribution in [0.4, 0.5) is 0 Å². The molecule has 0 fully saturated rings. The van der Waals surface area contributed by atoms with Gasteiger partial charge in [-0.15, -0.1) is 0 Å². The van der Waals surface area contributed by atoms with Gasteiger partial charge in [0.15, 0.2) is 0 Å². The molecule has 0 aliphatic rings. The molecule has 0 spiro atoms. The molecule has 0 aromatic heterocycles. The van der Waals surface area contributed by atoms with Crippen LogP contribution < -0.4 is 16.1 Å². The lowest BCUT2D eigenvalue weighted by Gasteiger charge is -2.47. The maximum Gasteiger partial charge on any atom is 0.261 e. The molecule has 0 aliphatic carbocycles. The van der Waals surface area contributed by atoms with E-state index in [0.29, 0.717) is 0 Å². The molecule has 1 unspecified atom stereocenters. The number of benzene rings is 2. The van der Waals surface area contributed by atoms with Crippen LogP contribution in [-0.4, -0.2) is 31.7 Å². The highest BCUT2D eigenvalue weighted by molar-refractivity contribution is 6.99. The minimum absolute atomic E-state index is 0.131. The Morgan fingerprint density at radius 2 is 1.28 bits per heavy atom. The highest BCUT2D eigenvalue weighted by Crippen LogP contribution is 2.38. The predicted octanol–water partition coefficient (Wildman–Crippen LogP) is 2.66. The minimum atomic E-state index is -2.68. The van der Waals surface area contributed by atoms with Crippen LogP contribution in [0.5, 0.6) is 0 Å². The largest absolute Gasteiger partial charge is 0.400 e. The van der Waals surface area contributed by atoms with Crippen LogP contribution in [0.3, 0.4) is 0 Å². The normalized spacial score (nSPS) is 14.4. The number of hydrogen-bond donors (Lipinski definition) is 2. The van der Waals surface area contributed by atoms with Crippen molar-refractivity contribution in [3.63, 3.8) is 0 Å². The average molecular weight is 358 g/mol. The van der Waals surface area contributed by atoms with Crippen molar-refractivity contribution in [1.29, 1.82) is 0 Å². The van der Waals surface area contributed by atoms with Gasteiger partial charge in [0.1, 0.15) is 0 Å². The molecule has 2 aromatic rings. The fourth-order valence-electron chi connectivity index (χ4n) is 3.39. The lowest BCUT2D eigenvalue weighted by atomic mass is 10.0. The predicted molar refractivity (Wildman–Crippen MR) is 108 cm³/mol. The summed E-state index contributed by atoms with van der Waals surface area (Å²) in [4.78, 5) is 0. The highest BCUT2D eigenvalue weighted by atomic mass is 28.4. The summed E-state index contributed by atoms with van der Waals surface area (Å²) in [6.07, 6.45) is -0.446. The monoisotopic (exact) mass is 357 g/mol. The second-order valence-corrected chi connectivity index (χ2v) is 12.4. The molecule has 25 heavy (non-hydrogen) atoms. The standard InChI is InChI=1S/C21H31NO2Si/c1-20(2,3)25(17-12-8-6-9-13-17,18-14-10-7-11-15-18)24-19(16-22)21(4,5)23/h6-15,19,23H,16,22H2,1-5H3. The fraction of sp³-hybridized carbons (Fsp3) is 0.429. The highest BCUT2D eigenvalue weighted by Gasteiger charge is 2.52. The van der Waals surface area contributed by atoms with Crippen molar-refractivity contribution in [3.05, 3.63) is 60.7 Å². The SMILES string of the molecule is CC(C)(O)C(CN)O[Si](c1ccccc1)(c1ccccc1)C(C)(C)C. The maximum absolute atomic E-state index is 10.6. The average Bonchev–Trinajstić information content (AvgIpc) is 2.55. The first-order chi connectivity index (χ1) is 11.6. The van der Waals surface area contributed by atoms with Crippen molar-refractivity contribution in [2.45, 2.75) is 51.4 Å². The topological polar surface area (TPSA) is 55.5 Å². The van der Waals surface area contributed by atoms with E-state index in [9.17, 15) is 5.11 Å². The van der Waals surface area contributed by atoms with Crippen LogP contribution in [0.15, 0.2) is 60.7 Å². The number of aliphatic hydroxyl groups is 1. The summed E-state index contributed by atoms with van der Waals surface area (Å²) in [5.74, 6) is 0. The first-order valence-corrected chi connectivity index (χ1v) is 10.7. The Kier molecular flexibility index (Phi) is 5.89. The second-order valence-electron chi connectivity index (χ2n) is 8.16. The molecule has 2 aromatic carbocycles. The minimum Gasteiger partial charge on any atom is -0.400 e. The van der Waals surface area contributed by atoms with Gasteiger partial charge >= 0.3 is 0 Å². The Morgan fingerprint density at radius 1 is 0.880 bits per heavy atom. The van der Waals surface area contributed by atoms with Crippen molar-refractivity contribution in [3.8, 4) is 0 Å². The van der Waals surface area contributed by atoms with E-state index < -0.39 is 20.0 Å². The zero-order valence-corrected chi connectivity index (χ0v) is 17.0. The quantitative estimate of drug-likeness (QED) is 0.782. The van der Waals surface area contributed by atoms with Gasteiger partial charge in [0.2, 0.25) is 0 Å². The van der Waals surface area contributed by atoms with E-state index in [1.807, 2.05) is 12.1 Å². The Balaban J connectivity index is 2.73. The third-order valence-electron chi connectivity index (χ3n) is 4.74. The summed E-state index contributed by atoms with van der Waals surface area (Å²) < 4.78 is 6.85. The molecule has 0 heterocycles. The van der Waals surface area contributed by atoms with E-state index in [0.717, 1.165) is 0 Å². The number of rotatable bonds is 6. The Bertz CT molecular complexity index is 620. The molecular weight excluding hydrogens is 326 g/mol. The molecule has 0 saturated carbocycles. The van der Waals surface area contributed by atoms with Crippen LogP contribution in [0.1, 0.15) is 34.6 Å². The lowest BCUT2D eigenvalue weighted by Crippen LogP contribution is -2.69. The van der Waals surface area contributed by atoms with E-state index in [1.165, 1.54) is 10.4 Å². The molecule has 0 saturated heterocycles. The smallest absolute Gasteiger partial charge is 0.261 e. The van der Waals surface area contributed by atoms with Crippen molar-refractivity contribution >= 4 is 18.7 Å². The van der Waals surface area contributed by atoms with Crippen molar-refractivity contribution in [2.75, 3.05) is 6.54 Å². The summed E-state index contributed by atoms with van der Waals surface area (Å²) in [7, 11) is -2.68. The summed E-state index contributed by atoms with van der Waals surface area (Å²) in [6.45, 7) is 10.5. The summed E-state index contributed by atoms with van der Waals surface area (Å²) in [6, 6.07) is 20.8. The summed E-state index contributed by atoms with van der Waals surface area (Å²) >= 11 is 0. The van der Waals surface area contributed by atoms with Crippen LogP contribution in [-0.2, 0) is 4.43 Å². The van der Waals surface area contributed by atoms with Gasteiger partial charge in [0.05, 0.1) is 11.7 Å². The molecule has 136 valence electrons. The van der Waals surface area contributed by atoms with Crippen LogP contribution >= 0.6 is 0 Å². The third-order valence-corrected chi connectivity index (χ3v) is 9.78. The first-order valence-electron chi connectivity index (χ1n) is 8.84. The zero-order valence-electron chi connectivity index (χ0n) is 16.0. The first kappa shape index (κ1) is 19.9. The maximum atomic E-state index is 10.6. The molecule has 3 N–H and O–H groups in total. The third kappa shape index (κ3) is 4.03. The van der Waals surface area contributed by atoms with Crippen molar-refractivity contribution in [2.24, 2.45) is 5.73 Å². The van der Waals surface area contributed by atoms with Crippen molar-refractivity contribution < 1.29 is 9.53 Å². The lowest BCUT2D eigenvalue weighted by molar-refractivity contribution is -0.0334. The molecule has 1 atom stereocenters. The van der Waals surface area contributed by atoms with Crippen LogP contribution in [0.25, 0.3) is 0 Å². The summed E-state index contributed by atoms with van der Waals surface area (Å²) in [5, 5.41) is 12.9. The van der Waals surface area contributed by atoms with Gasteiger partial charge in [-0.25, -0.2) is 0 Å². The van der Waals surface area contributed by atoms with E-state index in [4.69, 9.17) is 10.2 Å². The van der Waals surface area contributed by atoms with Crippen LogP contribution in [0.2, 0.25) is 5.04 Å². The van der Waals surface area contributed by atoms with Gasteiger partial charge in [-0.1, -0.05) is 81.4 Å². The zero-order chi connectivity index (χ0) is 18.7.